The fourth-order valence-electron chi connectivity index (χ4n) is 3.11. The normalized spacial score (nSPS) is 15.3. The number of benzene rings is 1. The second-order valence-electron chi connectivity index (χ2n) is 6.14. The molecule has 3 rings (SSSR count). The summed E-state index contributed by atoms with van der Waals surface area (Å²) in [7, 11) is 0. The van der Waals surface area contributed by atoms with Crippen molar-refractivity contribution in [3.05, 3.63) is 50.6 Å². The fourth-order valence-corrected chi connectivity index (χ4v) is 3.11. The summed E-state index contributed by atoms with van der Waals surface area (Å²) < 4.78 is 5.04. The number of rotatable bonds is 4. The quantitative estimate of drug-likeness (QED) is 0.685. The Labute approximate surface area is 137 Å². The van der Waals surface area contributed by atoms with Crippen LogP contribution in [0.15, 0.2) is 33.5 Å². The SMILES string of the molecule is O=C(NCC1CCCCC1)c1cc2ccc([N+](=O)[O-])cc2c(=O)o1. The third-order valence-electron chi connectivity index (χ3n) is 4.46. The molecule has 0 radical (unpaired) electrons. The molecule has 0 aliphatic heterocycles. The lowest BCUT2D eigenvalue weighted by atomic mass is 9.89. The van der Waals surface area contributed by atoms with Gasteiger partial charge in [0.1, 0.15) is 0 Å². The van der Waals surface area contributed by atoms with Crippen molar-refractivity contribution in [1.29, 1.82) is 0 Å². The lowest BCUT2D eigenvalue weighted by Gasteiger charge is -2.21. The van der Waals surface area contributed by atoms with Crippen molar-refractivity contribution >= 4 is 22.4 Å². The molecule has 1 aromatic carbocycles. The number of non-ortho nitro benzene ring substituents is 1. The first-order chi connectivity index (χ1) is 11.5. The van der Waals surface area contributed by atoms with Crippen molar-refractivity contribution < 1.29 is 14.1 Å². The number of nitrogens with zero attached hydrogens (tertiary/aromatic N) is 1. The standard InChI is InChI=1S/C17H18N2O5/c20-16(18-10-11-4-2-1-3-5-11)15-8-12-6-7-13(19(22)23)9-14(12)17(21)24-15/h6-9,11H,1-5,10H2,(H,18,20). The summed E-state index contributed by atoms with van der Waals surface area (Å²) in [5.41, 5.74) is -0.941. The molecule has 0 bridgehead atoms. The van der Waals surface area contributed by atoms with E-state index in [1.165, 1.54) is 37.5 Å². The average Bonchev–Trinajstić information content (AvgIpc) is 2.60. The molecule has 1 aliphatic rings. The number of nitro groups is 1. The van der Waals surface area contributed by atoms with Crippen LogP contribution in [-0.2, 0) is 0 Å². The van der Waals surface area contributed by atoms with Gasteiger partial charge in [-0.05, 0) is 36.3 Å². The van der Waals surface area contributed by atoms with Crippen molar-refractivity contribution in [3.63, 3.8) is 0 Å². The number of hydrogen-bond acceptors (Lipinski definition) is 5. The van der Waals surface area contributed by atoms with Crippen LogP contribution in [0.1, 0.15) is 42.7 Å². The van der Waals surface area contributed by atoms with E-state index in [1.807, 2.05) is 0 Å². The van der Waals surface area contributed by atoms with Gasteiger partial charge in [0, 0.05) is 18.7 Å². The van der Waals surface area contributed by atoms with Gasteiger partial charge >= 0.3 is 5.63 Å². The third kappa shape index (κ3) is 3.45. The van der Waals surface area contributed by atoms with Crippen LogP contribution in [-0.4, -0.2) is 17.4 Å². The largest absolute Gasteiger partial charge is 0.417 e. The first kappa shape index (κ1) is 16.2. The van der Waals surface area contributed by atoms with Crippen LogP contribution in [0.2, 0.25) is 0 Å². The Morgan fingerprint density at radius 2 is 2.00 bits per heavy atom. The first-order valence-corrected chi connectivity index (χ1v) is 8.05. The van der Waals surface area contributed by atoms with Crippen LogP contribution in [0.3, 0.4) is 0 Å². The van der Waals surface area contributed by atoms with Gasteiger partial charge in [-0.15, -0.1) is 0 Å². The van der Waals surface area contributed by atoms with E-state index in [0.717, 1.165) is 18.9 Å². The zero-order chi connectivity index (χ0) is 17.1. The third-order valence-corrected chi connectivity index (χ3v) is 4.46. The van der Waals surface area contributed by atoms with E-state index >= 15 is 0 Å². The minimum atomic E-state index is -0.751. The van der Waals surface area contributed by atoms with Crippen molar-refractivity contribution in [1.82, 2.24) is 5.32 Å². The molecule has 1 N–H and O–H groups in total. The topological polar surface area (TPSA) is 102 Å². The molecule has 1 amide bonds. The molecule has 1 aliphatic carbocycles. The molecule has 7 heteroatoms. The van der Waals surface area contributed by atoms with Gasteiger partial charge in [-0.2, -0.15) is 0 Å². The summed E-state index contributed by atoms with van der Waals surface area (Å²) >= 11 is 0. The predicted molar refractivity (Wildman–Crippen MR) is 88.0 cm³/mol. The van der Waals surface area contributed by atoms with Crippen molar-refractivity contribution in [2.45, 2.75) is 32.1 Å². The molecule has 0 atom stereocenters. The van der Waals surface area contributed by atoms with Gasteiger partial charge in [0.2, 0.25) is 0 Å². The maximum Gasteiger partial charge on any atom is 0.344 e. The van der Waals surface area contributed by atoms with E-state index in [2.05, 4.69) is 5.32 Å². The fraction of sp³-hybridized carbons (Fsp3) is 0.412. The molecule has 1 aromatic heterocycles. The highest BCUT2D eigenvalue weighted by Crippen LogP contribution is 2.23. The second kappa shape index (κ2) is 6.82. The Bertz CT molecular complexity index is 836. The van der Waals surface area contributed by atoms with Crippen molar-refractivity contribution in [2.75, 3.05) is 6.54 Å². The summed E-state index contributed by atoms with van der Waals surface area (Å²) in [6, 6.07) is 5.34. The summed E-state index contributed by atoms with van der Waals surface area (Å²) in [4.78, 5) is 34.4. The molecular weight excluding hydrogens is 312 g/mol. The lowest BCUT2D eigenvalue weighted by Crippen LogP contribution is -2.30. The lowest BCUT2D eigenvalue weighted by molar-refractivity contribution is -0.384. The highest BCUT2D eigenvalue weighted by atomic mass is 16.6. The first-order valence-electron chi connectivity index (χ1n) is 8.05. The molecule has 126 valence electrons. The smallest absolute Gasteiger partial charge is 0.344 e. The van der Waals surface area contributed by atoms with Crippen LogP contribution in [0.25, 0.3) is 10.8 Å². The van der Waals surface area contributed by atoms with Gasteiger partial charge < -0.3 is 9.73 Å². The zero-order valence-electron chi connectivity index (χ0n) is 13.1. The van der Waals surface area contributed by atoms with E-state index in [4.69, 9.17) is 4.42 Å². The van der Waals surface area contributed by atoms with Gasteiger partial charge in [-0.25, -0.2) is 4.79 Å². The van der Waals surface area contributed by atoms with Gasteiger partial charge in [-0.1, -0.05) is 19.3 Å². The Kier molecular flexibility index (Phi) is 4.59. The molecule has 24 heavy (non-hydrogen) atoms. The van der Waals surface area contributed by atoms with Gasteiger partial charge in [0.25, 0.3) is 11.6 Å². The molecule has 0 spiro atoms. The van der Waals surface area contributed by atoms with Crippen LogP contribution >= 0.6 is 0 Å². The van der Waals surface area contributed by atoms with Crippen LogP contribution in [0, 0.1) is 16.0 Å². The predicted octanol–water partition coefficient (Wildman–Crippen LogP) is 3.01. The number of nitro benzene ring substituents is 1. The monoisotopic (exact) mass is 330 g/mol. The average molecular weight is 330 g/mol. The van der Waals surface area contributed by atoms with Crippen molar-refractivity contribution in [3.8, 4) is 0 Å². The molecule has 7 nitrogen and oxygen atoms in total. The zero-order valence-corrected chi connectivity index (χ0v) is 13.1. The summed E-state index contributed by atoms with van der Waals surface area (Å²) in [6.07, 6.45) is 5.82. The Hall–Kier alpha value is -2.70. The van der Waals surface area contributed by atoms with Crippen LogP contribution in [0.5, 0.6) is 0 Å². The number of fused-ring (bicyclic) bond motifs is 1. The van der Waals surface area contributed by atoms with Gasteiger partial charge in [0.15, 0.2) is 5.76 Å². The van der Waals surface area contributed by atoms with E-state index in [9.17, 15) is 19.7 Å². The van der Waals surface area contributed by atoms with Crippen LogP contribution < -0.4 is 10.9 Å². The summed E-state index contributed by atoms with van der Waals surface area (Å²) in [6.45, 7) is 0.570. The highest BCUT2D eigenvalue weighted by molar-refractivity contribution is 5.95. The molecule has 1 saturated carbocycles. The summed E-state index contributed by atoms with van der Waals surface area (Å²) in [5.74, 6) is -0.0346. The summed E-state index contributed by atoms with van der Waals surface area (Å²) in [5, 5.41) is 14.1. The Morgan fingerprint density at radius 3 is 2.71 bits per heavy atom. The minimum Gasteiger partial charge on any atom is -0.417 e. The Balaban J connectivity index is 1.79. The molecule has 1 fully saturated rings. The number of carbonyl (C=O) groups is 1. The van der Waals surface area contributed by atoms with E-state index in [-0.39, 0.29) is 16.8 Å². The molecule has 2 aromatic rings. The molecule has 0 saturated heterocycles. The maximum atomic E-state index is 12.2. The van der Waals surface area contributed by atoms with Gasteiger partial charge in [0.05, 0.1) is 10.3 Å². The molecule has 0 unspecified atom stereocenters. The second-order valence-corrected chi connectivity index (χ2v) is 6.14. The number of nitrogens with one attached hydrogen (secondary N) is 1. The van der Waals surface area contributed by atoms with E-state index < -0.39 is 16.5 Å². The number of amides is 1. The number of hydrogen-bond donors (Lipinski definition) is 1. The molecule has 1 heterocycles. The van der Waals surface area contributed by atoms with Crippen LogP contribution in [0.4, 0.5) is 5.69 Å². The maximum absolute atomic E-state index is 12.2. The van der Waals surface area contributed by atoms with Crippen molar-refractivity contribution in [2.24, 2.45) is 5.92 Å². The highest BCUT2D eigenvalue weighted by Gasteiger charge is 2.18. The van der Waals surface area contributed by atoms with E-state index in [0.29, 0.717) is 17.8 Å². The van der Waals surface area contributed by atoms with Gasteiger partial charge in [-0.3, -0.25) is 14.9 Å². The van der Waals surface area contributed by atoms with E-state index in [1.54, 1.807) is 0 Å². The minimum absolute atomic E-state index is 0.0721. The molecular formula is C17H18N2O5. The number of carbonyl (C=O) groups excluding carboxylic acids is 1. The Morgan fingerprint density at radius 1 is 1.25 bits per heavy atom.